The van der Waals surface area contributed by atoms with Crippen LogP contribution in [0.15, 0.2) is 22.7 Å². The average Bonchev–Trinajstić information content (AvgIpc) is 2.39. The molecule has 2 nitrogen and oxygen atoms in total. The smallest absolute Gasteiger partial charge is 0.127 e. The molecule has 1 aromatic carbocycles. The van der Waals surface area contributed by atoms with Crippen LogP contribution in [0, 0.1) is 5.82 Å². The molecule has 0 aromatic heterocycles. The number of rotatable bonds is 9. The van der Waals surface area contributed by atoms with Gasteiger partial charge in [0.2, 0.25) is 0 Å². The summed E-state index contributed by atoms with van der Waals surface area (Å²) in [6, 6.07) is 5.39. The number of nitrogens with one attached hydrogen (secondary N) is 1. The molecule has 1 atom stereocenters. The van der Waals surface area contributed by atoms with E-state index in [1.807, 2.05) is 12.1 Å². The van der Waals surface area contributed by atoms with Gasteiger partial charge in [0.05, 0.1) is 6.61 Å². The number of halogens is 2. The van der Waals surface area contributed by atoms with Gasteiger partial charge in [0, 0.05) is 17.1 Å². The highest BCUT2D eigenvalue weighted by molar-refractivity contribution is 9.10. The molecule has 1 rings (SSSR count). The molecule has 0 saturated carbocycles. The molecule has 0 heterocycles. The van der Waals surface area contributed by atoms with Gasteiger partial charge in [-0.1, -0.05) is 35.8 Å². The van der Waals surface area contributed by atoms with E-state index in [0.29, 0.717) is 13.0 Å². The summed E-state index contributed by atoms with van der Waals surface area (Å²) in [5.74, 6) is -0.159. The molecule has 0 radical (unpaired) electrons. The van der Waals surface area contributed by atoms with Gasteiger partial charge in [0.1, 0.15) is 5.82 Å². The van der Waals surface area contributed by atoms with E-state index in [9.17, 15) is 4.39 Å². The van der Waals surface area contributed by atoms with Gasteiger partial charge in [-0.15, -0.1) is 0 Å². The molecule has 0 spiro atoms. The fraction of sp³-hybridized carbons (Fsp3) is 0.600. The highest BCUT2D eigenvalue weighted by atomic mass is 79.9. The molecule has 0 aliphatic carbocycles. The Morgan fingerprint density at radius 2 is 2.11 bits per heavy atom. The highest BCUT2D eigenvalue weighted by Crippen LogP contribution is 2.16. The maximum absolute atomic E-state index is 13.8. The van der Waals surface area contributed by atoms with Crippen LogP contribution in [-0.4, -0.2) is 25.8 Å². The van der Waals surface area contributed by atoms with Gasteiger partial charge in [0.25, 0.3) is 0 Å². The Kier molecular flexibility index (Phi) is 8.26. The van der Waals surface area contributed by atoms with Crippen molar-refractivity contribution in [1.29, 1.82) is 0 Å². The number of hydrogen-bond acceptors (Lipinski definition) is 2. The number of ether oxygens (including phenoxy) is 1. The molecule has 1 N–H and O–H groups in total. The monoisotopic (exact) mass is 331 g/mol. The zero-order valence-electron chi connectivity index (χ0n) is 11.7. The van der Waals surface area contributed by atoms with Gasteiger partial charge < -0.3 is 10.1 Å². The number of hydrogen-bond donors (Lipinski definition) is 1. The highest BCUT2D eigenvalue weighted by Gasteiger charge is 2.12. The minimum absolute atomic E-state index is 0.159. The van der Waals surface area contributed by atoms with Crippen LogP contribution in [-0.2, 0) is 11.2 Å². The van der Waals surface area contributed by atoms with Crippen molar-refractivity contribution >= 4 is 15.9 Å². The summed E-state index contributed by atoms with van der Waals surface area (Å²) in [6.45, 7) is 6.52. The van der Waals surface area contributed by atoms with Gasteiger partial charge in [-0.2, -0.15) is 0 Å². The zero-order chi connectivity index (χ0) is 14.1. The topological polar surface area (TPSA) is 21.3 Å². The van der Waals surface area contributed by atoms with E-state index in [-0.39, 0.29) is 11.9 Å². The molecule has 19 heavy (non-hydrogen) atoms. The van der Waals surface area contributed by atoms with E-state index in [1.54, 1.807) is 0 Å². The van der Waals surface area contributed by atoms with E-state index in [1.165, 1.54) is 6.07 Å². The van der Waals surface area contributed by atoms with Crippen LogP contribution in [0.5, 0.6) is 0 Å². The zero-order valence-corrected chi connectivity index (χ0v) is 13.3. The van der Waals surface area contributed by atoms with Crippen LogP contribution in [0.25, 0.3) is 0 Å². The predicted molar refractivity (Wildman–Crippen MR) is 81.0 cm³/mol. The van der Waals surface area contributed by atoms with Gasteiger partial charge in [0.15, 0.2) is 0 Å². The van der Waals surface area contributed by atoms with Crippen LogP contribution in [0.2, 0.25) is 0 Å². The van der Waals surface area contributed by atoms with Crippen molar-refractivity contribution in [3.05, 3.63) is 34.1 Å². The first-order valence-corrected chi connectivity index (χ1v) is 7.71. The van der Waals surface area contributed by atoms with Crippen LogP contribution in [0.4, 0.5) is 4.39 Å². The third-order valence-corrected chi connectivity index (χ3v) is 3.33. The lowest BCUT2D eigenvalue weighted by atomic mass is 10.1. The molecule has 0 fully saturated rings. The van der Waals surface area contributed by atoms with Crippen molar-refractivity contribution in [1.82, 2.24) is 5.32 Å². The van der Waals surface area contributed by atoms with Crippen molar-refractivity contribution in [2.75, 3.05) is 19.8 Å². The van der Waals surface area contributed by atoms with Gasteiger partial charge in [-0.3, -0.25) is 0 Å². The summed E-state index contributed by atoms with van der Waals surface area (Å²) in [5, 5.41) is 3.42. The van der Waals surface area contributed by atoms with E-state index in [4.69, 9.17) is 4.74 Å². The second-order valence-corrected chi connectivity index (χ2v) is 5.58. The minimum Gasteiger partial charge on any atom is -0.380 e. The SMILES string of the molecule is CCCNC(COCCC)Cc1ccc(Br)cc1F. The Hall–Kier alpha value is -0.450. The Balaban J connectivity index is 2.58. The molecule has 1 aromatic rings. The first kappa shape index (κ1) is 16.6. The lowest BCUT2D eigenvalue weighted by Gasteiger charge is -2.19. The molecule has 0 bridgehead atoms. The molecular formula is C15H23BrFNO. The standard InChI is InChI=1S/C15H23BrFNO/c1-3-7-18-14(11-19-8-4-2)9-12-5-6-13(16)10-15(12)17/h5-6,10,14,18H,3-4,7-9,11H2,1-2H3. The average molecular weight is 332 g/mol. The fourth-order valence-electron chi connectivity index (χ4n) is 1.86. The van der Waals surface area contributed by atoms with Crippen LogP contribution in [0.3, 0.4) is 0 Å². The van der Waals surface area contributed by atoms with Gasteiger partial charge >= 0.3 is 0 Å². The summed E-state index contributed by atoms with van der Waals surface area (Å²) >= 11 is 3.28. The third-order valence-electron chi connectivity index (χ3n) is 2.83. The van der Waals surface area contributed by atoms with Crippen molar-refractivity contribution in [3.63, 3.8) is 0 Å². The number of benzene rings is 1. The summed E-state index contributed by atoms with van der Waals surface area (Å²) in [6.07, 6.45) is 2.73. The van der Waals surface area contributed by atoms with Crippen molar-refractivity contribution < 1.29 is 9.13 Å². The lowest BCUT2D eigenvalue weighted by molar-refractivity contribution is 0.111. The van der Waals surface area contributed by atoms with Crippen LogP contribution >= 0.6 is 15.9 Å². The second kappa shape index (κ2) is 9.45. The fourth-order valence-corrected chi connectivity index (χ4v) is 2.19. The second-order valence-electron chi connectivity index (χ2n) is 4.67. The third kappa shape index (κ3) is 6.50. The van der Waals surface area contributed by atoms with Crippen molar-refractivity contribution in [2.45, 2.75) is 39.2 Å². The van der Waals surface area contributed by atoms with Gasteiger partial charge in [-0.25, -0.2) is 4.39 Å². The van der Waals surface area contributed by atoms with Gasteiger partial charge in [-0.05, 0) is 43.5 Å². The summed E-state index contributed by atoms with van der Waals surface area (Å²) < 4.78 is 20.2. The predicted octanol–water partition coefficient (Wildman–Crippen LogP) is 3.93. The molecule has 0 saturated heterocycles. The minimum atomic E-state index is -0.159. The maximum Gasteiger partial charge on any atom is 0.127 e. The van der Waals surface area contributed by atoms with Crippen molar-refractivity contribution in [2.24, 2.45) is 0 Å². The Morgan fingerprint density at radius 3 is 2.74 bits per heavy atom. The summed E-state index contributed by atoms with van der Waals surface area (Å²) in [7, 11) is 0. The normalized spacial score (nSPS) is 12.6. The summed E-state index contributed by atoms with van der Waals surface area (Å²) in [4.78, 5) is 0. The molecule has 0 aliphatic heterocycles. The van der Waals surface area contributed by atoms with E-state index in [0.717, 1.165) is 36.0 Å². The molecule has 108 valence electrons. The van der Waals surface area contributed by atoms with E-state index >= 15 is 0 Å². The Bertz CT molecular complexity index is 373. The van der Waals surface area contributed by atoms with Crippen molar-refractivity contribution in [3.8, 4) is 0 Å². The van der Waals surface area contributed by atoms with Crippen LogP contribution < -0.4 is 5.32 Å². The quantitative estimate of drug-likeness (QED) is 0.692. The lowest BCUT2D eigenvalue weighted by Crippen LogP contribution is -2.36. The largest absolute Gasteiger partial charge is 0.380 e. The molecule has 0 amide bonds. The molecule has 0 aliphatic rings. The maximum atomic E-state index is 13.8. The molecule has 4 heteroatoms. The van der Waals surface area contributed by atoms with Crippen LogP contribution in [0.1, 0.15) is 32.3 Å². The first-order valence-electron chi connectivity index (χ1n) is 6.92. The molecular weight excluding hydrogens is 309 g/mol. The first-order chi connectivity index (χ1) is 9.17. The van der Waals surface area contributed by atoms with E-state index < -0.39 is 0 Å². The van der Waals surface area contributed by atoms with E-state index in [2.05, 4.69) is 35.1 Å². The Morgan fingerprint density at radius 1 is 1.32 bits per heavy atom. The molecule has 1 unspecified atom stereocenters. The Labute approximate surface area is 123 Å². The summed E-state index contributed by atoms with van der Waals surface area (Å²) in [5.41, 5.74) is 0.733.